The molecule has 9 heteroatoms. The van der Waals surface area contributed by atoms with Gasteiger partial charge in [-0.3, -0.25) is 20.4 Å². The lowest BCUT2D eigenvalue weighted by Crippen LogP contribution is -2.44. The second kappa shape index (κ2) is 10.9. The van der Waals surface area contributed by atoms with Crippen LogP contribution in [0.1, 0.15) is 10.4 Å². The van der Waals surface area contributed by atoms with Gasteiger partial charge in [0.15, 0.2) is 0 Å². The largest absolute Gasteiger partial charge is 0.497 e. The van der Waals surface area contributed by atoms with E-state index in [0.717, 1.165) is 11.4 Å². The predicted octanol–water partition coefficient (Wildman–Crippen LogP) is 3.43. The van der Waals surface area contributed by atoms with Crippen molar-refractivity contribution in [1.29, 1.82) is 0 Å². The van der Waals surface area contributed by atoms with E-state index >= 15 is 0 Å². The first-order valence-corrected chi connectivity index (χ1v) is 10.8. The molecule has 0 aliphatic heterocycles. The number of nitrogens with zero attached hydrogens (tertiary/aromatic N) is 2. The third kappa shape index (κ3) is 5.59. The molecule has 0 saturated carbocycles. The van der Waals surface area contributed by atoms with E-state index in [0.29, 0.717) is 22.8 Å². The molecule has 0 unspecified atom stereocenters. The monoisotopic (exact) mass is 471 g/mol. The quantitative estimate of drug-likeness (QED) is 0.340. The lowest BCUT2D eigenvalue weighted by atomic mass is 10.1. The fourth-order valence-electron chi connectivity index (χ4n) is 3.42. The summed E-state index contributed by atoms with van der Waals surface area (Å²) < 4.78 is 12.2. The van der Waals surface area contributed by atoms with E-state index < -0.39 is 11.8 Å². The number of aromatic nitrogens is 2. The minimum atomic E-state index is -0.508. The third-order valence-electron chi connectivity index (χ3n) is 5.20. The molecule has 9 nitrogen and oxygen atoms in total. The first kappa shape index (κ1) is 23.4. The van der Waals surface area contributed by atoms with E-state index in [1.165, 1.54) is 0 Å². The van der Waals surface area contributed by atoms with Crippen LogP contribution >= 0.6 is 0 Å². The van der Waals surface area contributed by atoms with Crippen molar-refractivity contribution in [3.05, 3.63) is 90.6 Å². The highest BCUT2D eigenvalue weighted by atomic mass is 16.5. The van der Waals surface area contributed by atoms with Gasteiger partial charge < -0.3 is 14.8 Å². The number of hydrazine groups is 1. The molecule has 4 rings (SSSR count). The molecule has 0 spiro atoms. The summed E-state index contributed by atoms with van der Waals surface area (Å²) in [4.78, 5) is 25.4. The summed E-state index contributed by atoms with van der Waals surface area (Å²) in [6.07, 6.45) is 1.62. The molecule has 0 aliphatic rings. The minimum Gasteiger partial charge on any atom is -0.497 e. The van der Waals surface area contributed by atoms with E-state index in [1.807, 2.05) is 48.5 Å². The first-order chi connectivity index (χ1) is 17.1. The zero-order valence-corrected chi connectivity index (χ0v) is 19.3. The summed E-state index contributed by atoms with van der Waals surface area (Å²) >= 11 is 0. The van der Waals surface area contributed by atoms with Gasteiger partial charge in [0.2, 0.25) is 0 Å². The number of para-hydroxylation sites is 2. The summed E-state index contributed by atoms with van der Waals surface area (Å²) in [5.41, 5.74) is 7.80. The summed E-state index contributed by atoms with van der Waals surface area (Å²) in [5, 5.41) is 7.62. The maximum absolute atomic E-state index is 13.1. The molecule has 0 aliphatic carbocycles. The van der Waals surface area contributed by atoms with Gasteiger partial charge >= 0.3 is 0 Å². The molecule has 35 heavy (non-hydrogen) atoms. The zero-order valence-electron chi connectivity index (χ0n) is 19.3. The van der Waals surface area contributed by atoms with E-state index in [9.17, 15) is 9.59 Å². The molecule has 3 N–H and O–H groups in total. The van der Waals surface area contributed by atoms with Crippen molar-refractivity contribution >= 4 is 17.5 Å². The molecular formula is C26H25N5O4. The van der Waals surface area contributed by atoms with Crippen molar-refractivity contribution in [2.45, 2.75) is 0 Å². The molecule has 0 radical (unpaired) electrons. The van der Waals surface area contributed by atoms with Gasteiger partial charge in [-0.05, 0) is 48.5 Å². The molecule has 0 fully saturated rings. The fraction of sp³-hybridized carbons (Fsp3) is 0.115. The number of anilines is 1. The Bertz CT molecular complexity index is 1300. The van der Waals surface area contributed by atoms with E-state index in [-0.39, 0.29) is 12.1 Å². The van der Waals surface area contributed by atoms with Crippen molar-refractivity contribution in [2.24, 2.45) is 0 Å². The summed E-state index contributed by atoms with van der Waals surface area (Å²) in [5.74, 6) is 0.371. The average molecular weight is 472 g/mol. The normalized spacial score (nSPS) is 10.3. The van der Waals surface area contributed by atoms with Gasteiger partial charge in [0.1, 0.15) is 17.2 Å². The van der Waals surface area contributed by atoms with Crippen LogP contribution in [0.5, 0.6) is 11.5 Å². The highest BCUT2D eigenvalue weighted by Gasteiger charge is 2.21. The smallest absolute Gasteiger partial charge is 0.273 e. The van der Waals surface area contributed by atoms with Crippen molar-refractivity contribution in [3.8, 4) is 28.4 Å². The van der Waals surface area contributed by atoms with Crippen LogP contribution < -0.4 is 25.6 Å². The number of carbonyl (C=O) groups excluding carboxylic acids is 2. The molecule has 3 aromatic carbocycles. The number of rotatable bonds is 8. The Morgan fingerprint density at radius 3 is 2.29 bits per heavy atom. The standard InChI is InChI=1S/C26H25N5O4/c1-34-20-14-12-18(13-15-20)27-16-24(32)28-29-26(33)22-17-31(19-8-4-3-5-9-19)30-25(22)21-10-6-7-11-23(21)35-2/h3-15,17,27H,16H2,1-2H3,(H,28,32)(H,29,33). The van der Waals surface area contributed by atoms with Gasteiger partial charge in [0.05, 0.1) is 32.0 Å². The molecular weight excluding hydrogens is 446 g/mol. The molecule has 1 aromatic heterocycles. The van der Waals surface area contributed by atoms with Crippen molar-refractivity contribution in [1.82, 2.24) is 20.6 Å². The Labute approximate surface area is 202 Å². The molecule has 0 saturated heterocycles. The van der Waals surface area contributed by atoms with Crippen LogP contribution in [0.15, 0.2) is 85.1 Å². The van der Waals surface area contributed by atoms with E-state index in [1.54, 1.807) is 55.4 Å². The Morgan fingerprint density at radius 1 is 0.857 bits per heavy atom. The van der Waals surface area contributed by atoms with Gasteiger partial charge in [-0.25, -0.2) is 4.68 Å². The number of amides is 2. The SMILES string of the molecule is COc1ccc(NCC(=O)NNC(=O)c2cn(-c3ccccc3)nc2-c2ccccc2OC)cc1. The Kier molecular flexibility index (Phi) is 7.27. The van der Waals surface area contributed by atoms with Gasteiger partial charge in [0, 0.05) is 17.4 Å². The molecule has 0 atom stereocenters. The third-order valence-corrected chi connectivity index (χ3v) is 5.20. The van der Waals surface area contributed by atoms with Gasteiger partial charge in [-0.15, -0.1) is 0 Å². The highest BCUT2D eigenvalue weighted by molar-refractivity contribution is 6.01. The maximum Gasteiger partial charge on any atom is 0.273 e. The lowest BCUT2D eigenvalue weighted by molar-refractivity contribution is -0.120. The van der Waals surface area contributed by atoms with E-state index in [4.69, 9.17) is 9.47 Å². The number of ether oxygens (including phenoxy) is 2. The fourth-order valence-corrected chi connectivity index (χ4v) is 3.42. The summed E-state index contributed by atoms with van der Waals surface area (Å²) in [6, 6.07) is 23.9. The minimum absolute atomic E-state index is 0.0325. The summed E-state index contributed by atoms with van der Waals surface area (Å²) in [7, 11) is 3.14. The van der Waals surface area contributed by atoms with Crippen LogP contribution in [0.3, 0.4) is 0 Å². The molecule has 2 amide bonds. The van der Waals surface area contributed by atoms with Gasteiger partial charge in [-0.2, -0.15) is 5.10 Å². The van der Waals surface area contributed by atoms with Gasteiger partial charge in [-0.1, -0.05) is 30.3 Å². The average Bonchev–Trinajstić information content (AvgIpc) is 3.37. The van der Waals surface area contributed by atoms with Crippen LogP contribution in [-0.4, -0.2) is 42.4 Å². The first-order valence-electron chi connectivity index (χ1n) is 10.8. The Balaban J connectivity index is 1.49. The van der Waals surface area contributed by atoms with Crippen LogP contribution in [0.25, 0.3) is 16.9 Å². The number of hydrogen-bond acceptors (Lipinski definition) is 6. The number of nitrogens with one attached hydrogen (secondary N) is 3. The Hall–Kier alpha value is -4.79. The van der Waals surface area contributed by atoms with Crippen LogP contribution in [0.4, 0.5) is 5.69 Å². The molecule has 1 heterocycles. The number of methoxy groups -OCH3 is 2. The second-order valence-corrected chi connectivity index (χ2v) is 7.46. The molecule has 4 aromatic rings. The van der Waals surface area contributed by atoms with Crippen molar-refractivity contribution in [2.75, 3.05) is 26.1 Å². The van der Waals surface area contributed by atoms with Crippen LogP contribution in [-0.2, 0) is 4.79 Å². The molecule has 178 valence electrons. The van der Waals surface area contributed by atoms with E-state index in [2.05, 4.69) is 21.3 Å². The number of carbonyl (C=O) groups is 2. The maximum atomic E-state index is 13.1. The lowest BCUT2D eigenvalue weighted by Gasteiger charge is -2.10. The van der Waals surface area contributed by atoms with Crippen LogP contribution in [0, 0.1) is 0 Å². The topological polar surface area (TPSA) is 107 Å². The highest BCUT2D eigenvalue weighted by Crippen LogP contribution is 2.31. The van der Waals surface area contributed by atoms with Crippen molar-refractivity contribution < 1.29 is 19.1 Å². The van der Waals surface area contributed by atoms with Crippen LogP contribution in [0.2, 0.25) is 0 Å². The predicted molar refractivity (Wildman–Crippen MR) is 133 cm³/mol. The number of benzene rings is 3. The van der Waals surface area contributed by atoms with Gasteiger partial charge in [0.25, 0.3) is 11.8 Å². The zero-order chi connectivity index (χ0) is 24.6. The second-order valence-electron chi connectivity index (χ2n) is 7.46. The van der Waals surface area contributed by atoms with Crippen molar-refractivity contribution in [3.63, 3.8) is 0 Å². The number of hydrogen-bond donors (Lipinski definition) is 3. The Morgan fingerprint density at radius 2 is 1.57 bits per heavy atom. The summed E-state index contributed by atoms with van der Waals surface area (Å²) in [6.45, 7) is -0.0325. The molecule has 0 bridgehead atoms.